The number of esters is 1. The zero-order valence-electron chi connectivity index (χ0n) is 18.7. The minimum absolute atomic E-state index is 0.0228. The van der Waals surface area contributed by atoms with E-state index in [1.54, 1.807) is 29.7 Å². The van der Waals surface area contributed by atoms with Crippen molar-refractivity contribution >= 4 is 33.4 Å². The molecule has 6 nitrogen and oxygen atoms in total. The van der Waals surface area contributed by atoms with Crippen molar-refractivity contribution in [3.63, 3.8) is 0 Å². The number of thiazole rings is 1. The van der Waals surface area contributed by atoms with Gasteiger partial charge in [0.25, 0.3) is 5.91 Å². The van der Waals surface area contributed by atoms with Gasteiger partial charge in [0.15, 0.2) is 4.80 Å². The van der Waals surface area contributed by atoms with Crippen molar-refractivity contribution in [2.24, 2.45) is 4.99 Å². The molecular formula is C26H24N2O4S. The largest absolute Gasteiger partial charge is 0.465 e. The molecule has 0 saturated carbocycles. The number of carbonyl (C=O) groups is 2. The molecule has 0 saturated heterocycles. The molecule has 168 valence electrons. The minimum Gasteiger partial charge on any atom is -0.465 e. The average molecular weight is 461 g/mol. The van der Waals surface area contributed by atoms with E-state index in [9.17, 15) is 9.59 Å². The van der Waals surface area contributed by atoms with Crippen LogP contribution in [0.4, 0.5) is 0 Å². The Hall–Kier alpha value is -3.71. The van der Waals surface area contributed by atoms with Crippen LogP contribution in [-0.4, -0.2) is 23.1 Å². The second-order valence-corrected chi connectivity index (χ2v) is 8.51. The third-order valence-corrected chi connectivity index (χ3v) is 6.22. The van der Waals surface area contributed by atoms with Crippen molar-refractivity contribution in [1.29, 1.82) is 0 Å². The highest BCUT2D eigenvalue weighted by Crippen LogP contribution is 2.26. The van der Waals surface area contributed by atoms with E-state index in [1.807, 2.05) is 56.3 Å². The number of carbonyl (C=O) groups excluding carboxylic acids is 2. The average Bonchev–Trinajstić information content (AvgIpc) is 3.12. The van der Waals surface area contributed by atoms with Crippen LogP contribution in [0.5, 0.6) is 11.5 Å². The Balaban J connectivity index is 1.80. The molecule has 4 aromatic rings. The van der Waals surface area contributed by atoms with E-state index in [0.717, 1.165) is 21.3 Å². The summed E-state index contributed by atoms with van der Waals surface area (Å²) in [5.74, 6) is 0.226. The number of hydrogen-bond acceptors (Lipinski definition) is 5. The number of aryl methyl sites for hydroxylation is 2. The van der Waals surface area contributed by atoms with Gasteiger partial charge >= 0.3 is 5.97 Å². The summed E-state index contributed by atoms with van der Waals surface area (Å²) < 4.78 is 13.8. The van der Waals surface area contributed by atoms with Gasteiger partial charge in [0.2, 0.25) is 0 Å². The highest BCUT2D eigenvalue weighted by atomic mass is 32.1. The molecule has 0 spiro atoms. The first-order valence-electron chi connectivity index (χ1n) is 10.6. The number of benzene rings is 3. The maximum absolute atomic E-state index is 13.2. The summed E-state index contributed by atoms with van der Waals surface area (Å²) in [6.07, 6.45) is 0. The first kappa shape index (κ1) is 22.5. The van der Waals surface area contributed by atoms with Gasteiger partial charge in [0, 0.05) is 0 Å². The first-order chi connectivity index (χ1) is 16.0. The number of nitrogens with zero attached hydrogens (tertiary/aromatic N) is 2. The van der Waals surface area contributed by atoms with Gasteiger partial charge in [-0.25, -0.2) is 0 Å². The zero-order chi connectivity index (χ0) is 23.4. The fourth-order valence-electron chi connectivity index (χ4n) is 3.58. The summed E-state index contributed by atoms with van der Waals surface area (Å²) in [5.41, 5.74) is 3.32. The molecule has 0 bridgehead atoms. The molecule has 0 N–H and O–H groups in total. The maximum Gasteiger partial charge on any atom is 0.326 e. The Labute approximate surface area is 195 Å². The van der Waals surface area contributed by atoms with Crippen molar-refractivity contribution in [2.45, 2.75) is 27.3 Å². The summed E-state index contributed by atoms with van der Waals surface area (Å²) >= 11 is 1.38. The van der Waals surface area contributed by atoms with Gasteiger partial charge in [-0.15, -0.1) is 0 Å². The van der Waals surface area contributed by atoms with Crippen molar-refractivity contribution in [2.75, 3.05) is 6.61 Å². The smallest absolute Gasteiger partial charge is 0.326 e. The normalized spacial score (nSPS) is 11.5. The van der Waals surface area contributed by atoms with Crippen LogP contribution in [0.25, 0.3) is 10.2 Å². The van der Waals surface area contributed by atoms with Gasteiger partial charge < -0.3 is 14.0 Å². The molecule has 0 aliphatic heterocycles. The molecule has 0 unspecified atom stereocenters. The van der Waals surface area contributed by atoms with Crippen LogP contribution in [0.3, 0.4) is 0 Å². The summed E-state index contributed by atoms with van der Waals surface area (Å²) in [6, 6.07) is 20.3. The molecule has 1 amide bonds. The van der Waals surface area contributed by atoms with Crippen LogP contribution in [0.15, 0.2) is 71.7 Å². The first-order valence-corrected chi connectivity index (χ1v) is 11.4. The quantitative estimate of drug-likeness (QED) is 0.361. The Kier molecular flexibility index (Phi) is 6.70. The Morgan fingerprint density at radius 3 is 2.48 bits per heavy atom. The van der Waals surface area contributed by atoms with E-state index < -0.39 is 5.91 Å². The number of ether oxygens (including phenoxy) is 2. The Bertz CT molecular complexity index is 1390. The van der Waals surface area contributed by atoms with E-state index in [0.29, 0.717) is 21.9 Å². The lowest BCUT2D eigenvalue weighted by Crippen LogP contribution is -2.23. The Morgan fingerprint density at radius 2 is 1.73 bits per heavy atom. The molecule has 3 aromatic carbocycles. The van der Waals surface area contributed by atoms with E-state index in [2.05, 4.69) is 11.1 Å². The van der Waals surface area contributed by atoms with Gasteiger partial charge in [-0.2, -0.15) is 4.99 Å². The second kappa shape index (κ2) is 9.83. The van der Waals surface area contributed by atoms with Gasteiger partial charge in [0.05, 0.1) is 22.4 Å². The van der Waals surface area contributed by atoms with Crippen LogP contribution in [0.2, 0.25) is 0 Å². The summed E-state index contributed by atoms with van der Waals surface area (Å²) in [5, 5.41) is 0. The summed E-state index contributed by atoms with van der Waals surface area (Å²) in [7, 11) is 0. The van der Waals surface area contributed by atoms with Crippen molar-refractivity contribution in [1.82, 2.24) is 4.57 Å². The minimum atomic E-state index is -0.444. The monoisotopic (exact) mass is 460 g/mol. The molecule has 0 aliphatic carbocycles. The molecule has 4 rings (SSSR count). The third kappa shape index (κ3) is 5.04. The molecule has 33 heavy (non-hydrogen) atoms. The van der Waals surface area contributed by atoms with Crippen molar-refractivity contribution < 1.29 is 19.1 Å². The zero-order valence-corrected chi connectivity index (χ0v) is 19.5. The Morgan fingerprint density at radius 1 is 1.00 bits per heavy atom. The van der Waals surface area contributed by atoms with Gasteiger partial charge in [-0.1, -0.05) is 47.7 Å². The van der Waals surface area contributed by atoms with Gasteiger partial charge in [-0.3, -0.25) is 9.59 Å². The molecule has 0 aliphatic rings. The second-order valence-electron chi connectivity index (χ2n) is 7.53. The van der Waals surface area contributed by atoms with Crippen LogP contribution in [-0.2, 0) is 16.1 Å². The summed E-state index contributed by atoms with van der Waals surface area (Å²) in [4.78, 5) is 30.4. The number of rotatable bonds is 6. The van der Waals surface area contributed by atoms with Crippen molar-refractivity contribution in [3.05, 3.63) is 88.2 Å². The van der Waals surface area contributed by atoms with Gasteiger partial charge in [-0.05, 0) is 62.2 Å². The maximum atomic E-state index is 13.2. The molecule has 1 heterocycles. The topological polar surface area (TPSA) is 69.9 Å². The molecule has 1 aromatic heterocycles. The van der Waals surface area contributed by atoms with Crippen LogP contribution < -0.4 is 9.54 Å². The predicted octanol–water partition coefficient (Wildman–Crippen LogP) is 5.42. The third-order valence-electron chi connectivity index (χ3n) is 4.99. The van der Waals surface area contributed by atoms with E-state index >= 15 is 0 Å². The number of para-hydroxylation sites is 2. The standard InChI is InChI=1S/C26H24N2O4S/c1-4-31-23(29)16-28-21-15-17(2)14-18(3)24(21)33-26(28)27-25(30)20-12-8-9-13-22(20)32-19-10-6-5-7-11-19/h5-15H,4,16H2,1-3H3. The molecular weight excluding hydrogens is 436 g/mol. The summed E-state index contributed by atoms with van der Waals surface area (Å²) in [6.45, 7) is 6.04. The fraction of sp³-hybridized carbons (Fsp3) is 0.192. The van der Waals surface area contributed by atoms with Crippen molar-refractivity contribution in [3.8, 4) is 11.5 Å². The lowest BCUT2D eigenvalue weighted by atomic mass is 10.1. The number of aromatic nitrogens is 1. The molecule has 0 fully saturated rings. The van der Waals surface area contributed by atoms with Gasteiger partial charge in [0.1, 0.15) is 18.0 Å². The predicted molar refractivity (Wildman–Crippen MR) is 129 cm³/mol. The lowest BCUT2D eigenvalue weighted by molar-refractivity contribution is -0.143. The fourth-order valence-corrected chi connectivity index (χ4v) is 4.66. The highest BCUT2D eigenvalue weighted by molar-refractivity contribution is 7.16. The molecule has 0 radical (unpaired) electrons. The van der Waals surface area contributed by atoms with E-state index in [1.165, 1.54) is 11.3 Å². The highest BCUT2D eigenvalue weighted by Gasteiger charge is 2.16. The SMILES string of the molecule is CCOC(=O)Cn1c(=NC(=O)c2ccccc2Oc2ccccc2)sc2c(C)cc(C)cc21. The number of hydrogen-bond donors (Lipinski definition) is 0. The number of amides is 1. The van der Waals surface area contributed by atoms with E-state index in [-0.39, 0.29) is 19.1 Å². The lowest BCUT2D eigenvalue weighted by Gasteiger charge is -2.09. The number of fused-ring (bicyclic) bond motifs is 1. The molecule has 7 heteroatoms. The van der Waals surface area contributed by atoms with Crippen LogP contribution >= 0.6 is 11.3 Å². The molecule has 0 atom stereocenters. The van der Waals surface area contributed by atoms with E-state index in [4.69, 9.17) is 9.47 Å². The van der Waals surface area contributed by atoms with Crippen LogP contribution in [0, 0.1) is 13.8 Å². The van der Waals surface area contributed by atoms with Crippen LogP contribution in [0.1, 0.15) is 28.4 Å².